The van der Waals surface area contributed by atoms with Crippen molar-refractivity contribution in [1.82, 2.24) is 15.1 Å². The zero-order valence-corrected chi connectivity index (χ0v) is 11.2. The molecular weight excluding hydrogens is 300 g/mol. The lowest BCUT2D eigenvalue weighted by atomic mass is 10.3. The fourth-order valence-electron chi connectivity index (χ4n) is 1.56. The van der Waals surface area contributed by atoms with Crippen LogP contribution >= 0.6 is 15.9 Å². The first kappa shape index (κ1) is 12.7. The Morgan fingerprint density at radius 3 is 2.94 bits per heavy atom. The predicted octanol–water partition coefficient (Wildman–Crippen LogP) is 2.26. The number of nitro benzene ring substituents is 1. The summed E-state index contributed by atoms with van der Waals surface area (Å²) in [5, 5.41) is 18.1. The van der Waals surface area contributed by atoms with Gasteiger partial charge in [-0.2, -0.15) is 5.10 Å². The second-order valence-electron chi connectivity index (χ2n) is 3.67. The molecule has 0 aliphatic carbocycles. The van der Waals surface area contributed by atoms with Crippen molar-refractivity contribution < 1.29 is 4.92 Å². The molecule has 0 amide bonds. The number of nitro groups is 1. The Bertz CT molecular complexity index is 582. The van der Waals surface area contributed by atoms with Gasteiger partial charge >= 0.3 is 0 Å². The van der Waals surface area contributed by atoms with Crippen molar-refractivity contribution in [2.75, 3.05) is 7.05 Å². The Hall–Kier alpha value is -1.73. The van der Waals surface area contributed by atoms with E-state index in [2.05, 4.69) is 26.3 Å². The molecule has 7 heteroatoms. The van der Waals surface area contributed by atoms with Gasteiger partial charge in [-0.3, -0.25) is 10.1 Å². The quantitative estimate of drug-likeness (QED) is 0.694. The smallest absolute Gasteiger partial charge is 0.271 e. The third kappa shape index (κ3) is 2.57. The van der Waals surface area contributed by atoms with E-state index in [0.29, 0.717) is 12.2 Å². The van der Waals surface area contributed by atoms with Gasteiger partial charge in [-0.1, -0.05) is 0 Å². The number of hydrogen-bond acceptors (Lipinski definition) is 4. The molecule has 94 valence electrons. The highest BCUT2D eigenvalue weighted by atomic mass is 79.9. The first-order valence-electron chi connectivity index (χ1n) is 5.25. The first-order valence-corrected chi connectivity index (χ1v) is 6.04. The number of nitrogens with zero attached hydrogens (tertiary/aromatic N) is 3. The molecule has 6 nitrogen and oxygen atoms in total. The Labute approximate surface area is 112 Å². The maximum absolute atomic E-state index is 10.8. The molecule has 2 rings (SSSR count). The lowest BCUT2D eigenvalue weighted by molar-refractivity contribution is -0.384. The minimum Gasteiger partial charge on any atom is -0.314 e. The summed E-state index contributed by atoms with van der Waals surface area (Å²) < 4.78 is 2.37. The molecule has 1 aromatic heterocycles. The molecule has 0 aliphatic heterocycles. The van der Waals surface area contributed by atoms with E-state index in [9.17, 15) is 10.1 Å². The molecule has 0 atom stereocenters. The number of hydrogen-bond donors (Lipinski definition) is 1. The van der Waals surface area contributed by atoms with Gasteiger partial charge in [0.25, 0.3) is 5.69 Å². The SMILES string of the molecule is CNCc1ccn(-c2cc([N+](=O)[O-])ccc2Br)n1. The normalized spacial score (nSPS) is 10.6. The van der Waals surface area contributed by atoms with Crippen LogP contribution in [-0.4, -0.2) is 21.8 Å². The molecule has 1 aromatic carbocycles. The van der Waals surface area contributed by atoms with Gasteiger partial charge in [0.05, 0.1) is 16.3 Å². The van der Waals surface area contributed by atoms with Crippen LogP contribution in [0.25, 0.3) is 5.69 Å². The number of aromatic nitrogens is 2. The molecule has 0 bridgehead atoms. The fourth-order valence-corrected chi connectivity index (χ4v) is 1.99. The van der Waals surface area contributed by atoms with Crippen molar-refractivity contribution in [2.24, 2.45) is 0 Å². The van der Waals surface area contributed by atoms with Crippen molar-refractivity contribution >= 4 is 21.6 Å². The third-order valence-corrected chi connectivity index (χ3v) is 3.06. The summed E-state index contributed by atoms with van der Waals surface area (Å²) in [5.74, 6) is 0. The topological polar surface area (TPSA) is 73.0 Å². The molecule has 0 radical (unpaired) electrons. The number of benzene rings is 1. The van der Waals surface area contributed by atoms with E-state index in [0.717, 1.165) is 10.2 Å². The van der Waals surface area contributed by atoms with Crippen LogP contribution < -0.4 is 5.32 Å². The van der Waals surface area contributed by atoms with E-state index in [-0.39, 0.29) is 5.69 Å². The van der Waals surface area contributed by atoms with Crippen LogP contribution in [0.3, 0.4) is 0 Å². The highest BCUT2D eigenvalue weighted by Crippen LogP contribution is 2.25. The van der Waals surface area contributed by atoms with E-state index in [4.69, 9.17) is 0 Å². The van der Waals surface area contributed by atoms with E-state index >= 15 is 0 Å². The summed E-state index contributed by atoms with van der Waals surface area (Å²) in [6, 6.07) is 6.44. The van der Waals surface area contributed by atoms with Gasteiger partial charge in [-0.15, -0.1) is 0 Å². The maximum Gasteiger partial charge on any atom is 0.271 e. The number of halogens is 1. The minimum atomic E-state index is -0.423. The van der Waals surface area contributed by atoms with Gasteiger partial charge in [0, 0.05) is 29.3 Å². The molecule has 0 saturated heterocycles. The number of non-ortho nitro benzene ring substituents is 1. The Morgan fingerprint density at radius 2 is 2.28 bits per heavy atom. The Balaban J connectivity index is 2.41. The van der Waals surface area contributed by atoms with E-state index in [1.165, 1.54) is 12.1 Å². The second kappa shape index (κ2) is 5.28. The molecule has 0 aliphatic rings. The van der Waals surface area contributed by atoms with Gasteiger partial charge in [0.1, 0.15) is 0 Å². The van der Waals surface area contributed by atoms with Crippen molar-refractivity contribution in [2.45, 2.75) is 6.54 Å². The van der Waals surface area contributed by atoms with Crippen molar-refractivity contribution in [1.29, 1.82) is 0 Å². The summed E-state index contributed by atoms with van der Waals surface area (Å²) in [6.45, 7) is 0.652. The summed E-state index contributed by atoms with van der Waals surface area (Å²) in [4.78, 5) is 10.3. The highest BCUT2D eigenvalue weighted by molar-refractivity contribution is 9.10. The number of nitrogens with one attached hydrogen (secondary N) is 1. The van der Waals surface area contributed by atoms with Crippen LogP contribution in [0, 0.1) is 10.1 Å². The molecule has 0 unspecified atom stereocenters. The van der Waals surface area contributed by atoms with Gasteiger partial charge in [0.15, 0.2) is 0 Å². The van der Waals surface area contributed by atoms with E-state index < -0.39 is 4.92 Å². The second-order valence-corrected chi connectivity index (χ2v) is 4.53. The van der Waals surface area contributed by atoms with Gasteiger partial charge in [-0.05, 0) is 35.1 Å². The summed E-state index contributed by atoms with van der Waals surface area (Å²) in [7, 11) is 1.84. The average Bonchev–Trinajstić information content (AvgIpc) is 2.78. The zero-order valence-electron chi connectivity index (χ0n) is 9.63. The third-order valence-electron chi connectivity index (χ3n) is 2.39. The van der Waals surface area contributed by atoms with Crippen LogP contribution in [0.4, 0.5) is 5.69 Å². The molecule has 0 fully saturated rings. The lowest BCUT2D eigenvalue weighted by Crippen LogP contribution is -2.06. The van der Waals surface area contributed by atoms with Gasteiger partial charge in [0.2, 0.25) is 0 Å². The lowest BCUT2D eigenvalue weighted by Gasteiger charge is -2.04. The molecule has 18 heavy (non-hydrogen) atoms. The molecule has 0 saturated carbocycles. The standard InChI is InChI=1S/C11H11BrN4O2/c1-13-7-8-4-5-15(14-8)11-6-9(16(17)18)2-3-10(11)12/h2-6,13H,7H2,1H3. The van der Waals surface area contributed by atoms with Crippen LogP contribution in [0.5, 0.6) is 0 Å². The molecule has 1 N–H and O–H groups in total. The summed E-state index contributed by atoms with van der Waals surface area (Å²) in [6.07, 6.45) is 1.77. The summed E-state index contributed by atoms with van der Waals surface area (Å²) in [5.41, 5.74) is 1.56. The maximum atomic E-state index is 10.8. The predicted molar refractivity (Wildman–Crippen MR) is 70.7 cm³/mol. The van der Waals surface area contributed by atoms with Crippen LogP contribution in [0.2, 0.25) is 0 Å². The fraction of sp³-hybridized carbons (Fsp3) is 0.182. The van der Waals surface area contributed by atoms with Gasteiger partial charge < -0.3 is 5.32 Å². The van der Waals surface area contributed by atoms with Gasteiger partial charge in [-0.25, -0.2) is 4.68 Å². The highest BCUT2D eigenvalue weighted by Gasteiger charge is 2.11. The van der Waals surface area contributed by atoms with Crippen LogP contribution in [-0.2, 0) is 6.54 Å². The van der Waals surface area contributed by atoms with E-state index in [1.807, 2.05) is 13.1 Å². The largest absolute Gasteiger partial charge is 0.314 e. The molecule has 0 spiro atoms. The molecular formula is C11H11BrN4O2. The monoisotopic (exact) mass is 310 g/mol. The molecule has 1 heterocycles. The minimum absolute atomic E-state index is 0.0406. The van der Waals surface area contributed by atoms with Crippen LogP contribution in [0.15, 0.2) is 34.9 Å². The summed E-state index contributed by atoms with van der Waals surface area (Å²) >= 11 is 3.37. The Kier molecular flexibility index (Phi) is 3.73. The van der Waals surface area contributed by atoms with Crippen molar-refractivity contribution in [3.05, 3.63) is 50.7 Å². The number of rotatable bonds is 4. The van der Waals surface area contributed by atoms with Crippen LogP contribution in [0.1, 0.15) is 5.69 Å². The van der Waals surface area contributed by atoms with Crippen molar-refractivity contribution in [3.8, 4) is 5.69 Å². The van der Waals surface area contributed by atoms with Crippen molar-refractivity contribution in [3.63, 3.8) is 0 Å². The first-order chi connectivity index (χ1) is 8.61. The zero-order chi connectivity index (χ0) is 13.1. The van der Waals surface area contributed by atoms with E-state index in [1.54, 1.807) is 16.9 Å². The molecule has 2 aromatic rings. The average molecular weight is 311 g/mol. The Morgan fingerprint density at radius 1 is 1.50 bits per heavy atom.